The summed E-state index contributed by atoms with van der Waals surface area (Å²) in [4.78, 5) is 6.84. The van der Waals surface area contributed by atoms with Crippen molar-refractivity contribution in [1.82, 2.24) is 0 Å². The molecule has 0 N–H and O–H groups in total. The summed E-state index contributed by atoms with van der Waals surface area (Å²) < 4.78 is 5.84. The first-order valence-electron chi connectivity index (χ1n) is 7.33. The summed E-state index contributed by atoms with van der Waals surface area (Å²) in [6.45, 7) is 4.35. The lowest BCUT2D eigenvalue weighted by Gasteiger charge is -2.12. The Morgan fingerprint density at radius 2 is 1.95 bits per heavy atom. The van der Waals surface area contributed by atoms with E-state index in [9.17, 15) is 0 Å². The number of hydrogen-bond acceptors (Lipinski definition) is 3. The van der Waals surface area contributed by atoms with Crippen molar-refractivity contribution in [2.45, 2.75) is 26.2 Å². The van der Waals surface area contributed by atoms with Crippen molar-refractivity contribution in [1.29, 1.82) is 0 Å². The Hall–Kier alpha value is -2.03. The van der Waals surface area contributed by atoms with E-state index in [2.05, 4.69) is 28.9 Å². The fourth-order valence-electron chi connectivity index (χ4n) is 2.59. The number of anilines is 1. The van der Waals surface area contributed by atoms with Gasteiger partial charge in [0.05, 0.1) is 11.9 Å². The zero-order valence-electron chi connectivity index (χ0n) is 11.9. The van der Waals surface area contributed by atoms with Gasteiger partial charge in [-0.15, -0.1) is 0 Å². The number of benzene rings is 1. The van der Waals surface area contributed by atoms with Gasteiger partial charge in [0.25, 0.3) is 0 Å². The lowest BCUT2D eigenvalue weighted by atomic mass is 10.1. The van der Waals surface area contributed by atoms with Crippen LogP contribution in [0, 0.1) is 0 Å². The third-order valence-corrected chi connectivity index (χ3v) is 3.73. The molecule has 104 valence electrons. The molecule has 3 heteroatoms. The highest BCUT2D eigenvalue weighted by Crippen LogP contribution is 2.23. The lowest BCUT2D eigenvalue weighted by Crippen LogP contribution is -2.16. The smallest absolute Gasteiger partial charge is 0.196 e. The highest BCUT2D eigenvalue weighted by Gasteiger charge is 2.15. The Kier molecular flexibility index (Phi) is 3.86. The van der Waals surface area contributed by atoms with Gasteiger partial charge in [0.1, 0.15) is 5.76 Å². The predicted molar refractivity (Wildman–Crippen MR) is 83.2 cm³/mol. The first-order valence-corrected chi connectivity index (χ1v) is 7.33. The third kappa shape index (κ3) is 2.77. The van der Waals surface area contributed by atoms with Crippen LogP contribution in [-0.4, -0.2) is 19.3 Å². The van der Waals surface area contributed by atoms with Crippen molar-refractivity contribution in [3.8, 4) is 0 Å². The van der Waals surface area contributed by atoms with Crippen molar-refractivity contribution < 1.29 is 4.42 Å². The fourth-order valence-corrected chi connectivity index (χ4v) is 2.59. The van der Waals surface area contributed by atoms with E-state index in [0.717, 1.165) is 36.8 Å². The van der Waals surface area contributed by atoms with E-state index < -0.39 is 0 Å². The van der Waals surface area contributed by atoms with Crippen molar-refractivity contribution in [2.24, 2.45) is 4.99 Å². The monoisotopic (exact) mass is 268 g/mol. The molecule has 2 heterocycles. The molecule has 1 fully saturated rings. The van der Waals surface area contributed by atoms with Gasteiger partial charge < -0.3 is 9.32 Å². The molecule has 20 heavy (non-hydrogen) atoms. The molecule has 0 amide bonds. The second-order valence-electron chi connectivity index (χ2n) is 5.11. The zero-order valence-corrected chi connectivity index (χ0v) is 11.9. The summed E-state index contributed by atoms with van der Waals surface area (Å²) in [7, 11) is 0. The van der Waals surface area contributed by atoms with Crippen LogP contribution in [0.15, 0.2) is 45.8 Å². The molecule has 0 bridgehead atoms. The molecule has 1 aromatic heterocycles. The van der Waals surface area contributed by atoms with Gasteiger partial charge in [-0.1, -0.05) is 25.1 Å². The highest BCUT2D eigenvalue weighted by atomic mass is 16.4. The number of aryl methyl sites for hydroxylation is 1. The molecule has 3 nitrogen and oxygen atoms in total. The van der Waals surface area contributed by atoms with Crippen LogP contribution in [0.3, 0.4) is 0 Å². The molecule has 0 saturated carbocycles. The van der Waals surface area contributed by atoms with Gasteiger partial charge in [0.15, 0.2) is 5.88 Å². The predicted octanol–water partition coefficient (Wildman–Crippen LogP) is 4.19. The third-order valence-electron chi connectivity index (χ3n) is 3.73. The van der Waals surface area contributed by atoms with E-state index in [4.69, 9.17) is 4.42 Å². The molecule has 1 aliphatic heterocycles. The molecule has 3 rings (SSSR count). The minimum atomic E-state index is 0.817. The summed E-state index contributed by atoms with van der Waals surface area (Å²) in [5, 5.41) is 0. The number of hydrogen-bond donors (Lipinski definition) is 0. The van der Waals surface area contributed by atoms with E-state index in [-0.39, 0.29) is 0 Å². The Bertz CT molecular complexity index is 595. The van der Waals surface area contributed by atoms with Crippen LogP contribution < -0.4 is 4.90 Å². The highest BCUT2D eigenvalue weighted by molar-refractivity contribution is 5.79. The number of aliphatic imine (C=N–C) groups is 1. The first kappa shape index (κ1) is 13.0. The Balaban J connectivity index is 1.75. The first-order chi connectivity index (χ1) is 9.86. The van der Waals surface area contributed by atoms with E-state index in [1.807, 2.05) is 30.5 Å². The Labute approximate surface area is 119 Å². The van der Waals surface area contributed by atoms with Crippen LogP contribution in [0.1, 0.15) is 31.1 Å². The molecule has 2 aromatic rings. The maximum Gasteiger partial charge on any atom is 0.196 e. The normalized spacial score (nSPS) is 15.3. The molecular formula is C17H20N2O. The van der Waals surface area contributed by atoms with Gasteiger partial charge in [0.2, 0.25) is 0 Å². The Morgan fingerprint density at radius 3 is 2.75 bits per heavy atom. The molecular weight excluding hydrogens is 248 g/mol. The summed E-state index contributed by atoms with van der Waals surface area (Å²) in [6.07, 6.45) is 5.32. The molecule has 0 aliphatic carbocycles. The largest absolute Gasteiger partial charge is 0.440 e. The molecule has 1 aromatic carbocycles. The van der Waals surface area contributed by atoms with Crippen LogP contribution in [0.25, 0.3) is 0 Å². The van der Waals surface area contributed by atoms with Gasteiger partial charge in [-0.2, -0.15) is 0 Å². The second kappa shape index (κ2) is 5.95. The van der Waals surface area contributed by atoms with Crippen molar-refractivity contribution in [3.63, 3.8) is 0 Å². The summed E-state index contributed by atoms with van der Waals surface area (Å²) >= 11 is 0. The average molecular weight is 268 g/mol. The SMILES string of the molecule is CCc1ccccc1N=Cc1ccc(N2CCCC2)o1. The van der Waals surface area contributed by atoms with Gasteiger partial charge in [0, 0.05) is 19.2 Å². The number of rotatable bonds is 4. The summed E-state index contributed by atoms with van der Waals surface area (Å²) in [6, 6.07) is 12.3. The molecule has 1 saturated heterocycles. The maximum absolute atomic E-state index is 5.84. The molecule has 0 unspecified atom stereocenters. The molecule has 1 aliphatic rings. The number of furan rings is 1. The standard InChI is InChI=1S/C17H20N2O/c1-2-14-7-3-4-8-16(14)18-13-15-9-10-17(20-15)19-11-5-6-12-19/h3-4,7-10,13H,2,5-6,11-12H2,1H3. The average Bonchev–Trinajstić information content (AvgIpc) is 3.16. The van der Waals surface area contributed by atoms with Crippen molar-refractivity contribution in [2.75, 3.05) is 18.0 Å². The van der Waals surface area contributed by atoms with Gasteiger partial charge in [-0.25, -0.2) is 0 Å². The minimum absolute atomic E-state index is 0.817. The van der Waals surface area contributed by atoms with Gasteiger partial charge >= 0.3 is 0 Å². The van der Waals surface area contributed by atoms with E-state index in [0.29, 0.717) is 0 Å². The van der Waals surface area contributed by atoms with Crippen LogP contribution in [-0.2, 0) is 6.42 Å². The second-order valence-corrected chi connectivity index (χ2v) is 5.11. The minimum Gasteiger partial charge on any atom is -0.440 e. The van der Waals surface area contributed by atoms with Crippen LogP contribution in [0.5, 0.6) is 0 Å². The number of nitrogens with zero attached hydrogens (tertiary/aromatic N) is 2. The van der Waals surface area contributed by atoms with E-state index >= 15 is 0 Å². The fraction of sp³-hybridized carbons (Fsp3) is 0.353. The summed E-state index contributed by atoms with van der Waals surface area (Å²) in [5.74, 6) is 1.78. The van der Waals surface area contributed by atoms with Crippen LogP contribution in [0.4, 0.5) is 11.6 Å². The van der Waals surface area contributed by atoms with Gasteiger partial charge in [-0.05, 0) is 37.0 Å². The van der Waals surface area contributed by atoms with Gasteiger partial charge in [-0.3, -0.25) is 4.99 Å². The summed E-state index contributed by atoms with van der Waals surface area (Å²) in [5.41, 5.74) is 2.28. The van der Waals surface area contributed by atoms with Crippen molar-refractivity contribution >= 4 is 17.8 Å². The maximum atomic E-state index is 5.84. The number of para-hydroxylation sites is 1. The van der Waals surface area contributed by atoms with E-state index in [1.165, 1.54) is 18.4 Å². The van der Waals surface area contributed by atoms with E-state index in [1.54, 1.807) is 0 Å². The van der Waals surface area contributed by atoms with Crippen LogP contribution >= 0.6 is 0 Å². The lowest BCUT2D eigenvalue weighted by molar-refractivity contribution is 0.550. The quantitative estimate of drug-likeness (QED) is 0.778. The topological polar surface area (TPSA) is 28.7 Å². The Morgan fingerprint density at radius 1 is 1.15 bits per heavy atom. The molecule has 0 radical (unpaired) electrons. The zero-order chi connectivity index (χ0) is 13.8. The molecule has 0 atom stereocenters. The molecule has 0 spiro atoms. The van der Waals surface area contributed by atoms with Crippen LogP contribution in [0.2, 0.25) is 0 Å². The van der Waals surface area contributed by atoms with Crippen molar-refractivity contribution in [3.05, 3.63) is 47.7 Å².